The highest BCUT2D eigenvalue weighted by Crippen LogP contribution is 2.29. The van der Waals surface area contributed by atoms with Gasteiger partial charge in [0.15, 0.2) is 5.41 Å². The van der Waals surface area contributed by atoms with Crippen molar-refractivity contribution >= 4 is 11.9 Å². The van der Waals surface area contributed by atoms with Gasteiger partial charge in [0.1, 0.15) is 0 Å². The molecule has 0 saturated carbocycles. The van der Waals surface area contributed by atoms with Gasteiger partial charge in [0.25, 0.3) is 0 Å². The van der Waals surface area contributed by atoms with Crippen LogP contribution in [-0.4, -0.2) is 26.2 Å². The summed E-state index contributed by atoms with van der Waals surface area (Å²) in [5.41, 5.74) is -1.45. The number of rotatable bonds is 4. The lowest BCUT2D eigenvalue weighted by Gasteiger charge is -2.23. The summed E-state index contributed by atoms with van der Waals surface area (Å²) in [7, 11) is 2.46. The van der Waals surface area contributed by atoms with Gasteiger partial charge in [-0.2, -0.15) is 0 Å². The number of carbonyl (C=O) groups is 2. The molecule has 0 unspecified atom stereocenters. The van der Waals surface area contributed by atoms with Crippen LogP contribution in [0.1, 0.15) is 33.1 Å². The molecule has 0 aromatic carbocycles. The minimum Gasteiger partial charge on any atom is -0.468 e. The molecule has 4 nitrogen and oxygen atoms in total. The van der Waals surface area contributed by atoms with Crippen LogP contribution in [0.2, 0.25) is 0 Å². The van der Waals surface area contributed by atoms with Crippen molar-refractivity contribution in [2.75, 3.05) is 14.2 Å². The van der Waals surface area contributed by atoms with Gasteiger partial charge < -0.3 is 9.47 Å². The first kappa shape index (κ1) is 16.1. The molecule has 0 rings (SSSR count). The van der Waals surface area contributed by atoms with E-state index < -0.39 is 17.4 Å². The van der Waals surface area contributed by atoms with Crippen molar-refractivity contribution in [2.24, 2.45) is 5.41 Å². The Hall–Kier alpha value is -1.94. The van der Waals surface area contributed by atoms with Crippen molar-refractivity contribution < 1.29 is 19.1 Å². The Labute approximate surface area is 108 Å². The molecule has 4 heteroatoms. The van der Waals surface area contributed by atoms with Crippen LogP contribution in [0.4, 0.5) is 0 Å². The summed E-state index contributed by atoms with van der Waals surface area (Å²) >= 11 is 0. The first-order valence-corrected chi connectivity index (χ1v) is 5.61. The third-order valence-electron chi connectivity index (χ3n) is 2.41. The second kappa shape index (κ2) is 8.20. The molecule has 0 saturated heterocycles. The molecule has 0 radical (unpaired) electrons. The monoisotopic (exact) mass is 250 g/mol. The van der Waals surface area contributed by atoms with Crippen LogP contribution in [0.15, 0.2) is 0 Å². The quantitative estimate of drug-likeness (QED) is 0.431. The number of methoxy groups -OCH3 is 2. The first-order valence-electron chi connectivity index (χ1n) is 5.61. The Kier molecular flexibility index (Phi) is 7.31. The molecule has 0 N–H and O–H groups in total. The number of esters is 2. The summed E-state index contributed by atoms with van der Waals surface area (Å²) in [6.07, 6.45) is 0.744. The fourth-order valence-electron chi connectivity index (χ4n) is 1.40. The Morgan fingerprint density at radius 3 is 1.89 bits per heavy atom. The van der Waals surface area contributed by atoms with E-state index in [0.29, 0.717) is 6.42 Å². The van der Waals surface area contributed by atoms with Crippen LogP contribution in [0.25, 0.3) is 0 Å². The summed E-state index contributed by atoms with van der Waals surface area (Å²) in [6.45, 7) is 3.52. The molecule has 0 spiro atoms. The summed E-state index contributed by atoms with van der Waals surface area (Å²) in [5.74, 6) is 9.68. The molecule has 0 aromatic rings. The molecule has 0 aliphatic rings. The van der Waals surface area contributed by atoms with E-state index in [9.17, 15) is 9.59 Å². The van der Waals surface area contributed by atoms with E-state index in [1.165, 1.54) is 14.2 Å². The average molecular weight is 250 g/mol. The van der Waals surface area contributed by atoms with E-state index in [0.717, 1.165) is 0 Å². The van der Waals surface area contributed by atoms with Gasteiger partial charge in [-0.05, 0) is 6.92 Å². The van der Waals surface area contributed by atoms with Crippen molar-refractivity contribution in [3.05, 3.63) is 0 Å². The molecular formula is C14H18O4. The zero-order valence-corrected chi connectivity index (χ0v) is 11.3. The van der Waals surface area contributed by atoms with E-state index in [1.54, 1.807) is 6.92 Å². The smallest absolute Gasteiger partial charge is 0.325 e. The zero-order chi connectivity index (χ0) is 14.0. The van der Waals surface area contributed by atoms with Crippen LogP contribution < -0.4 is 0 Å². The topological polar surface area (TPSA) is 52.6 Å². The van der Waals surface area contributed by atoms with Crippen molar-refractivity contribution in [3.63, 3.8) is 0 Å². The summed E-state index contributed by atoms with van der Waals surface area (Å²) in [6, 6.07) is 0. The lowest BCUT2D eigenvalue weighted by molar-refractivity contribution is -0.168. The van der Waals surface area contributed by atoms with Crippen LogP contribution in [0.3, 0.4) is 0 Å². The molecule has 0 bridgehead atoms. The molecule has 0 aliphatic carbocycles. The highest BCUT2D eigenvalue weighted by molar-refractivity contribution is 6.00. The van der Waals surface area contributed by atoms with Crippen LogP contribution >= 0.6 is 0 Å². The van der Waals surface area contributed by atoms with Gasteiger partial charge in [0.05, 0.1) is 14.2 Å². The lowest BCUT2D eigenvalue weighted by atomic mass is 9.81. The van der Waals surface area contributed by atoms with Gasteiger partial charge in [-0.3, -0.25) is 9.59 Å². The summed E-state index contributed by atoms with van der Waals surface area (Å²) in [4.78, 5) is 23.8. The van der Waals surface area contributed by atoms with Gasteiger partial charge in [0, 0.05) is 19.3 Å². The van der Waals surface area contributed by atoms with Crippen molar-refractivity contribution in [2.45, 2.75) is 33.1 Å². The Balaban J connectivity index is 5.42. The van der Waals surface area contributed by atoms with Crippen LogP contribution in [0, 0.1) is 29.1 Å². The molecule has 0 fully saturated rings. The van der Waals surface area contributed by atoms with E-state index >= 15 is 0 Å². The number of ether oxygens (including phenoxy) is 2. The van der Waals surface area contributed by atoms with E-state index in [1.807, 2.05) is 6.92 Å². The van der Waals surface area contributed by atoms with E-state index in [2.05, 4.69) is 23.7 Å². The number of hydrogen-bond donors (Lipinski definition) is 0. The Bertz CT molecular complexity index is 399. The largest absolute Gasteiger partial charge is 0.468 e. The summed E-state index contributed by atoms with van der Waals surface area (Å²) < 4.78 is 9.38. The Morgan fingerprint density at radius 1 is 1.00 bits per heavy atom. The average Bonchev–Trinajstić information content (AvgIpc) is 2.41. The van der Waals surface area contributed by atoms with Crippen LogP contribution in [-0.2, 0) is 19.1 Å². The first-order chi connectivity index (χ1) is 8.58. The maximum atomic E-state index is 11.9. The maximum Gasteiger partial charge on any atom is 0.325 e. The molecule has 0 aliphatic heterocycles. The van der Waals surface area contributed by atoms with E-state index in [-0.39, 0.29) is 12.8 Å². The second-order valence-electron chi connectivity index (χ2n) is 3.55. The Morgan fingerprint density at radius 2 is 1.50 bits per heavy atom. The zero-order valence-electron chi connectivity index (χ0n) is 11.3. The van der Waals surface area contributed by atoms with Gasteiger partial charge >= 0.3 is 11.9 Å². The second-order valence-corrected chi connectivity index (χ2v) is 3.55. The molecule has 0 heterocycles. The third-order valence-corrected chi connectivity index (χ3v) is 2.41. The van der Waals surface area contributed by atoms with Gasteiger partial charge in [0.2, 0.25) is 0 Å². The SMILES string of the molecule is CC#CCC(CC#CCC)(C(=O)OC)C(=O)OC. The van der Waals surface area contributed by atoms with Crippen molar-refractivity contribution in [1.82, 2.24) is 0 Å². The van der Waals surface area contributed by atoms with Crippen molar-refractivity contribution in [1.29, 1.82) is 0 Å². The van der Waals surface area contributed by atoms with E-state index in [4.69, 9.17) is 9.47 Å². The minimum absolute atomic E-state index is 0.0429. The molecule has 98 valence electrons. The molecule has 0 amide bonds. The highest BCUT2D eigenvalue weighted by atomic mass is 16.5. The normalized spacial score (nSPS) is 9.33. The predicted molar refractivity (Wildman–Crippen MR) is 67.2 cm³/mol. The molecular weight excluding hydrogens is 232 g/mol. The van der Waals surface area contributed by atoms with Gasteiger partial charge in [-0.15, -0.1) is 23.7 Å². The fourth-order valence-corrected chi connectivity index (χ4v) is 1.40. The fraction of sp³-hybridized carbons (Fsp3) is 0.571. The lowest BCUT2D eigenvalue weighted by Crippen LogP contribution is -2.40. The molecule has 0 aromatic heterocycles. The highest BCUT2D eigenvalue weighted by Gasteiger charge is 2.47. The standard InChI is InChI=1S/C14H18O4/c1-5-7-9-11-14(10-8-6-2,12(15)17-3)13(16)18-4/h5,10-11H2,1-4H3. The van der Waals surface area contributed by atoms with Crippen molar-refractivity contribution in [3.8, 4) is 23.7 Å². The summed E-state index contributed by atoms with van der Waals surface area (Å²) in [5, 5.41) is 0. The number of hydrogen-bond acceptors (Lipinski definition) is 4. The molecule has 18 heavy (non-hydrogen) atoms. The molecule has 0 atom stereocenters. The predicted octanol–water partition coefficient (Wildman–Crippen LogP) is 1.54. The minimum atomic E-state index is -1.45. The number of carbonyl (C=O) groups excluding carboxylic acids is 2. The van der Waals surface area contributed by atoms with Crippen LogP contribution in [0.5, 0.6) is 0 Å². The van der Waals surface area contributed by atoms with Gasteiger partial charge in [-0.1, -0.05) is 6.92 Å². The van der Waals surface area contributed by atoms with Gasteiger partial charge in [-0.25, -0.2) is 0 Å². The third kappa shape index (κ3) is 3.82. The maximum absolute atomic E-state index is 11.9.